The van der Waals surface area contributed by atoms with E-state index in [1.54, 1.807) is 44.5 Å². The Balaban J connectivity index is 2.05. The lowest BCUT2D eigenvalue weighted by Crippen LogP contribution is -2.22. The van der Waals surface area contributed by atoms with Crippen molar-refractivity contribution in [2.75, 3.05) is 12.4 Å². The third kappa shape index (κ3) is 4.12. The second kappa shape index (κ2) is 7.33. The van der Waals surface area contributed by atoms with Crippen LogP contribution < -0.4 is 10.1 Å². The van der Waals surface area contributed by atoms with Crippen LogP contribution >= 0.6 is 23.4 Å². The maximum absolute atomic E-state index is 12.2. The number of carbonyl (C=O) groups is 1. The first-order valence-corrected chi connectivity index (χ1v) is 7.58. The average molecular weight is 323 g/mol. The van der Waals surface area contributed by atoms with Crippen molar-refractivity contribution in [3.05, 3.63) is 47.6 Å². The molecule has 110 valence electrons. The smallest absolute Gasteiger partial charge is 0.237 e. The Bertz CT molecular complexity index is 637. The second-order valence-electron chi connectivity index (χ2n) is 4.24. The zero-order chi connectivity index (χ0) is 15.2. The van der Waals surface area contributed by atoms with E-state index in [2.05, 4.69) is 10.3 Å². The molecule has 1 aromatic heterocycles. The number of amides is 1. The van der Waals surface area contributed by atoms with E-state index in [9.17, 15) is 4.79 Å². The molecule has 4 nitrogen and oxygen atoms in total. The number of benzene rings is 1. The first kappa shape index (κ1) is 15.7. The zero-order valence-electron chi connectivity index (χ0n) is 11.7. The molecule has 1 amide bonds. The van der Waals surface area contributed by atoms with Gasteiger partial charge in [-0.15, -0.1) is 0 Å². The van der Waals surface area contributed by atoms with Gasteiger partial charge < -0.3 is 10.1 Å². The molecule has 0 spiro atoms. The summed E-state index contributed by atoms with van der Waals surface area (Å²) in [5.41, 5.74) is 0.643. The molecule has 0 aliphatic rings. The maximum atomic E-state index is 12.2. The first-order valence-electron chi connectivity index (χ1n) is 6.33. The summed E-state index contributed by atoms with van der Waals surface area (Å²) in [5.74, 6) is 0.491. The van der Waals surface area contributed by atoms with Crippen molar-refractivity contribution in [1.29, 1.82) is 0 Å². The van der Waals surface area contributed by atoms with E-state index in [0.717, 1.165) is 0 Å². The number of pyridine rings is 1. The summed E-state index contributed by atoms with van der Waals surface area (Å²) in [5, 5.41) is 3.70. The lowest BCUT2D eigenvalue weighted by atomic mass is 10.3. The largest absolute Gasteiger partial charge is 0.495 e. The molecule has 0 saturated carbocycles. The average Bonchev–Trinajstić information content (AvgIpc) is 2.50. The summed E-state index contributed by atoms with van der Waals surface area (Å²) >= 11 is 7.36. The van der Waals surface area contributed by atoms with E-state index >= 15 is 0 Å². The highest BCUT2D eigenvalue weighted by Gasteiger charge is 2.17. The number of aromatic nitrogens is 1. The number of methoxy groups -OCH3 is 1. The number of para-hydroxylation sites is 2. The van der Waals surface area contributed by atoms with E-state index in [1.807, 2.05) is 12.1 Å². The normalized spacial score (nSPS) is 11.8. The fraction of sp³-hybridized carbons (Fsp3) is 0.200. The molecule has 1 aromatic carbocycles. The van der Waals surface area contributed by atoms with E-state index < -0.39 is 0 Å². The van der Waals surface area contributed by atoms with Gasteiger partial charge >= 0.3 is 0 Å². The number of hydrogen-bond acceptors (Lipinski definition) is 4. The molecule has 0 bridgehead atoms. The molecule has 0 aliphatic heterocycles. The minimum atomic E-state index is -0.331. The van der Waals surface area contributed by atoms with Crippen molar-refractivity contribution in [1.82, 2.24) is 4.98 Å². The van der Waals surface area contributed by atoms with Crippen LogP contribution in [0.25, 0.3) is 0 Å². The van der Waals surface area contributed by atoms with Gasteiger partial charge in [-0.25, -0.2) is 4.98 Å². The zero-order valence-corrected chi connectivity index (χ0v) is 13.2. The number of ether oxygens (including phenoxy) is 1. The van der Waals surface area contributed by atoms with Crippen molar-refractivity contribution in [2.45, 2.75) is 17.2 Å². The minimum Gasteiger partial charge on any atom is -0.495 e. The highest BCUT2D eigenvalue weighted by molar-refractivity contribution is 8.00. The second-order valence-corrected chi connectivity index (χ2v) is 5.98. The van der Waals surface area contributed by atoms with Crippen LogP contribution in [0.5, 0.6) is 5.75 Å². The van der Waals surface area contributed by atoms with Gasteiger partial charge in [-0.1, -0.05) is 35.5 Å². The maximum Gasteiger partial charge on any atom is 0.237 e. The van der Waals surface area contributed by atoms with Crippen LogP contribution in [0.4, 0.5) is 5.69 Å². The van der Waals surface area contributed by atoms with Crippen molar-refractivity contribution >= 4 is 35.0 Å². The minimum absolute atomic E-state index is 0.133. The first-order chi connectivity index (χ1) is 10.1. The Morgan fingerprint density at radius 3 is 2.81 bits per heavy atom. The van der Waals surface area contributed by atoms with Gasteiger partial charge in [0.1, 0.15) is 10.8 Å². The van der Waals surface area contributed by atoms with Crippen LogP contribution in [0, 0.1) is 0 Å². The molecule has 0 radical (unpaired) electrons. The Hall–Kier alpha value is -1.72. The Morgan fingerprint density at radius 1 is 1.33 bits per heavy atom. The Morgan fingerprint density at radius 2 is 2.10 bits per heavy atom. The monoisotopic (exact) mass is 322 g/mol. The predicted molar refractivity (Wildman–Crippen MR) is 86.2 cm³/mol. The van der Waals surface area contributed by atoms with Crippen LogP contribution in [0.2, 0.25) is 5.02 Å². The molecule has 0 fully saturated rings. The Labute approximate surface area is 132 Å². The van der Waals surface area contributed by atoms with Crippen LogP contribution in [0.15, 0.2) is 47.6 Å². The number of halogens is 1. The fourth-order valence-corrected chi connectivity index (χ4v) is 2.72. The van der Waals surface area contributed by atoms with Gasteiger partial charge in [0.2, 0.25) is 5.91 Å². The number of carbonyl (C=O) groups excluding carboxylic acids is 1. The topological polar surface area (TPSA) is 51.2 Å². The lowest BCUT2D eigenvalue weighted by Gasteiger charge is -2.14. The van der Waals surface area contributed by atoms with E-state index in [0.29, 0.717) is 21.5 Å². The number of nitrogens with zero attached hydrogens (tertiary/aromatic N) is 1. The third-order valence-corrected chi connectivity index (χ3v) is 4.28. The van der Waals surface area contributed by atoms with Gasteiger partial charge in [-0.2, -0.15) is 0 Å². The number of nitrogens with one attached hydrogen (secondary N) is 1. The lowest BCUT2D eigenvalue weighted by molar-refractivity contribution is -0.115. The summed E-state index contributed by atoms with van der Waals surface area (Å²) in [7, 11) is 1.57. The Kier molecular flexibility index (Phi) is 5.47. The highest BCUT2D eigenvalue weighted by atomic mass is 35.5. The summed E-state index contributed by atoms with van der Waals surface area (Å²) in [6, 6.07) is 10.8. The molecular formula is C15H15ClN2O2S. The van der Waals surface area contributed by atoms with Gasteiger partial charge in [0.25, 0.3) is 0 Å². The van der Waals surface area contributed by atoms with Gasteiger partial charge in [-0.05, 0) is 31.2 Å². The molecule has 1 atom stereocenters. The molecule has 21 heavy (non-hydrogen) atoms. The quantitative estimate of drug-likeness (QED) is 0.849. The summed E-state index contributed by atoms with van der Waals surface area (Å²) < 4.78 is 5.21. The molecule has 6 heteroatoms. The fourth-order valence-electron chi connectivity index (χ4n) is 1.66. The van der Waals surface area contributed by atoms with Crippen LogP contribution in [0.1, 0.15) is 6.92 Å². The molecule has 2 rings (SSSR count). The van der Waals surface area contributed by atoms with E-state index in [4.69, 9.17) is 16.3 Å². The van der Waals surface area contributed by atoms with Crippen LogP contribution in [-0.4, -0.2) is 23.3 Å². The van der Waals surface area contributed by atoms with Crippen molar-refractivity contribution in [3.63, 3.8) is 0 Å². The molecule has 2 aromatic rings. The number of rotatable bonds is 5. The molecule has 1 heterocycles. The van der Waals surface area contributed by atoms with Crippen molar-refractivity contribution in [2.24, 2.45) is 0 Å². The van der Waals surface area contributed by atoms with E-state index in [-0.39, 0.29) is 11.2 Å². The summed E-state index contributed by atoms with van der Waals surface area (Å²) in [4.78, 5) is 16.4. The molecule has 0 aliphatic carbocycles. The summed E-state index contributed by atoms with van der Waals surface area (Å²) in [6.07, 6.45) is 1.65. The number of thioether (sulfide) groups is 1. The van der Waals surface area contributed by atoms with Crippen LogP contribution in [-0.2, 0) is 4.79 Å². The van der Waals surface area contributed by atoms with Crippen LogP contribution in [0.3, 0.4) is 0 Å². The SMILES string of the molecule is COc1ccccc1NC(=O)C(C)Sc1ncccc1Cl. The molecule has 1 unspecified atom stereocenters. The molecule has 1 N–H and O–H groups in total. The van der Waals surface area contributed by atoms with Crippen molar-refractivity contribution < 1.29 is 9.53 Å². The van der Waals surface area contributed by atoms with E-state index in [1.165, 1.54) is 11.8 Å². The third-order valence-electron chi connectivity index (χ3n) is 2.75. The predicted octanol–water partition coefficient (Wildman–Crippen LogP) is 3.86. The van der Waals surface area contributed by atoms with Gasteiger partial charge in [-0.3, -0.25) is 4.79 Å². The standard InChI is InChI=1S/C15H15ClN2O2S/c1-10(21-15-11(16)6-5-9-17-15)14(19)18-12-7-3-4-8-13(12)20-2/h3-10H,1-2H3,(H,18,19). The highest BCUT2D eigenvalue weighted by Crippen LogP contribution is 2.29. The molecule has 0 saturated heterocycles. The number of anilines is 1. The van der Waals surface area contributed by atoms with Gasteiger partial charge in [0.05, 0.1) is 23.1 Å². The van der Waals surface area contributed by atoms with Gasteiger partial charge in [0, 0.05) is 6.20 Å². The summed E-state index contributed by atoms with van der Waals surface area (Å²) in [6.45, 7) is 1.81. The number of hydrogen-bond donors (Lipinski definition) is 1. The van der Waals surface area contributed by atoms with Crippen molar-refractivity contribution in [3.8, 4) is 5.75 Å². The van der Waals surface area contributed by atoms with Gasteiger partial charge in [0.15, 0.2) is 0 Å². The molecular weight excluding hydrogens is 308 g/mol.